The van der Waals surface area contributed by atoms with Crippen LogP contribution in [0, 0.1) is 5.82 Å². The van der Waals surface area contributed by atoms with E-state index < -0.39 is 5.82 Å². The van der Waals surface area contributed by atoms with E-state index in [9.17, 15) is 4.39 Å². The zero-order valence-corrected chi connectivity index (χ0v) is 17.2. The normalized spacial score (nSPS) is 11.2. The molecule has 0 radical (unpaired) electrons. The summed E-state index contributed by atoms with van der Waals surface area (Å²) in [5, 5.41) is 17.0. The highest BCUT2D eigenvalue weighted by molar-refractivity contribution is 7.80. The second-order valence-corrected chi connectivity index (χ2v) is 7.29. The lowest BCUT2D eigenvalue weighted by Gasteiger charge is -2.12. The van der Waals surface area contributed by atoms with Gasteiger partial charge in [-0.25, -0.2) is 9.37 Å². The van der Waals surface area contributed by atoms with Crippen molar-refractivity contribution in [2.75, 3.05) is 0 Å². The number of benzene rings is 2. The lowest BCUT2D eigenvalue weighted by molar-refractivity contribution is 0.275. The van der Waals surface area contributed by atoms with Crippen molar-refractivity contribution in [1.82, 2.24) is 34.6 Å². The summed E-state index contributed by atoms with van der Waals surface area (Å²) < 4.78 is 23.5. The Kier molecular flexibility index (Phi) is 4.83. The van der Waals surface area contributed by atoms with E-state index in [4.69, 9.17) is 4.74 Å². The largest absolute Gasteiger partial charge is 0.468 e. The number of hydrogen-bond donors (Lipinski definition) is 1. The first-order chi connectivity index (χ1) is 15.1. The Labute approximate surface area is 181 Å². The number of aryl methyl sites for hydroxylation is 1. The van der Waals surface area contributed by atoms with Crippen LogP contribution in [0.3, 0.4) is 0 Å². The highest BCUT2D eigenvalue weighted by Crippen LogP contribution is 2.32. The number of aromatic nitrogens is 7. The van der Waals surface area contributed by atoms with Crippen LogP contribution in [-0.2, 0) is 13.7 Å². The maximum atomic E-state index is 14.4. The molecule has 0 unspecified atom stereocenters. The van der Waals surface area contributed by atoms with E-state index in [2.05, 4.69) is 38.0 Å². The van der Waals surface area contributed by atoms with Crippen molar-refractivity contribution in [3.63, 3.8) is 0 Å². The fourth-order valence-electron chi connectivity index (χ4n) is 3.20. The second kappa shape index (κ2) is 7.80. The standard InChI is InChI=1S/C21H16FN7OS/c1-28-19(23-12-24-28)11-30-21-16(13-5-4-6-14(31)9-13)10-18-25-26-20(29(18)27-21)15-7-2-3-8-17(15)22/h2-10,12,31H,11H2,1H3. The Morgan fingerprint density at radius 3 is 2.68 bits per heavy atom. The van der Waals surface area contributed by atoms with Gasteiger partial charge in [0.2, 0.25) is 5.88 Å². The Balaban J connectivity index is 1.66. The Morgan fingerprint density at radius 2 is 1.90 bits per heavy atom. The Morgan fingerprint density at radius 1 is 1.03 bits per heavy atom. The van der Waals surface area contributed by atoms with Crippen molar-refractivity contribution >= 4 is 18.3 Å². The van der Waals surface area contributed by atoms with Crippen molar-refractivity contribution in [3.8, 4) is 28.4 Å². The molecule has 2 aromatic carbocycles. The van der Waals surface area contributed by atoms with Crippen LogP contribution in [-0.4, -0.2) is 34.6 Å². The molecule has 31 heavy (non-hydrogen) atoms. The molecule has 3 heterocycles. The van der Waals surface area contributed by atoms with Gasteiger partial charge in [-0.15, -0.1) is 27.9 Å². The molecule has 0 N–H and O–H groups in total. The molecule has 3 aromatic heterocycles. The molecule has 154 valence electrons. The van der Waals surface area contributed by atoms with Crippen LogP contribution < -0.4 is 4.74 Å². The number of thiol groups is 1. The van der Waals surface area contributed by atoms with E-state index in [1.54, 1.807) is 36.0 Å². The zero-order valence-electron chi connectivity index (χ0n) is 16.3. The van der Waals surface area contributed by atoms with E-state index in [0.29, 0.717) is 28.5 Å². The van der Waals surface area contributed by atoms with E-state index in [-0.39, 0.29) is 12.4 Å². The fraction of sp³-hybridized carbons (Fsp3) is 0.0952. The van der Waals surface area contributed by atoms with Gasteiger partial charge in [-0.3, -0.25) is 4.68 Å². The fourth-order valence-corrected chi connectivity index (χ4v) is 3.42. The lowest BCUT2D eigenvalue weighted by Crippen LogP contribution is -2.08. The van der Waals surface area contributed by atoms with Gasteiger partial charge in [0.15, 0.2) is 17.3 Å². The van der Waals surface area contributed by atoms with E-state index in [1.165, 1.54) is 16.9 Å². The number of nitrogens with zero attached hydrogens (tertiary/aromatic N) is 7. The maximum Gasteiger partial charge on any atom is 0.240 e. The van der Waals surface area contributed by atoms with Gasteiger partial charge in [-0.05, 0) is 35.9 Å². The van der Waals surface area contributed by atoms with Crippen LogP contribution in [0.4, 0.5) is 4.39 Å². The zero-order chi connectivity index (χ0) is 21.4. The molecular weight excluding hydrogens is 417 g/mol. The van der Waals surface area contributed by atoms with Crippen LogP contribution in [0.15, 0.2) is 65.8 Å². The minimum atomic E-state index is -0.410. The summed E-state index contributed by atoms with van der Waals surface area (Å²) in [6.45, 7) is 0.153. The molecule has 0 amide bonds. The van der Waals surface area contributed by atoms with Crippen LogP contribution >= 0.6 is 12.6 Å². The average Bonchev–Trinajstić information content (AvgIpc) is 3.37. The van der Waals surface area contributed by atoms with Crippen molar-refractivity contribution in [3.05, 3.63) is 72.6 Å². The molecular formula is C21H16FN7OS. The first-order valence-electron chi connectivity index (χ1n) is 9.36. The predicted octanol–water partition coefficient (Wildman–Crippen LogP) is 3.59. The summed E-state index contributed by atoms with van der Waals surface area (Å²) in [5.74, 6) is 0.832. The van der Waals surface area contributed by atoms with Gasteiger partial charge < -0.3 is 4.74 Å². The van der Waals surface area contributed by atoms with Crippen LogP contribution in [0.5, 0.6) is 5.88 Å². The summed E-state index contributed by atoms with van der Waals surface area (Å²) in [5.41, 5.74) is 2.32. The molecule has 0 aliphatic carbocycles. The monoisotopic (exact) mass is 433 g/mol. The quantitative estimate of drug-likeness (QED) is 0.427. The smallest absolute Gasteiger partial charge is 0.240 e. The molecule has 5 rings (SSSR count). The highest BCUT2D eigenvalue weighted by atomic mass is 32.1. The number of hydrogen-bond acceptors (Lipinski definition) is 7. The highest BCUT2D eigenvalue weighted by Gasteiger charge is 2.18. The number of halogens is 1. The second-order valence-electron chi connectivity index (χ2n) is 6.78. The third kappa shape index (κ3) is 3.61. The molecule has 0 saturated heterocycles. The third-order valence-corrected chi connectivity index (χ3v) is 5.05. The molecule has 0 aliphatic heterocycles. The molecule has 0 fully saturated rings. The topological polar surface area (TPSA) is 83.0 Å². The van der Waals surface area contributed by atoms with Crippen LogP contribution in [0.1, 0.15) is 5.82 Å². The Bertz CT molecular complexity index is 1400. The minimum absolute atomic E-state index is 0.153. The van der Waals surface area contributed by atoms with Gasteiger partial charge in [0.25, 0.3) is 0 Å². The van der Waals surface area contributed by atoms with Gasteiger partial charge in [-0.1, -0.05) is 24.3 Å². The molecule has 0 saturated carbocycles. The van der Waals surface area contributed by atoms with Gasteiger partial charge in [0, 0.05) is 17.5 Å². The summed E-state index contributed by atoms with van der Waals surface area (Å²) in [7, 11) is 1.78. The van der Waals surface area contributed by atoms with Gasteiger partial charge in [-0.2, -0.15) is 9.61 Å². The number of ether oxygens (including phenoxy) is 1. The molecule has 0 bridgehead atoms. The van der Waals surface area contributed by atoms with Crippen molar-refractivity contribution < 1.29 is 9.13 Å². The molecule has 0 aliphatic rings. The minimum Gasteiger partial charge on any atom is -0.468 e. The van der Waals surface area contributed by atoms with E-state index >= 15 is 0 Å². The molecule has 8 nitrogen and oxygen atoms in total. The van der Waals surface area contributed by atoms with Gasteiger partial charge in [0.1, 0.15) is 18.8 Å². The van der Waals surface area contributed by atoms with E-state index in [1.807, 2.05) is 24.3 Å². The summed E-state index contributed by atoms with van der Waals surface area (Å²) in [4.78, 5) is 4.98. The summed E-state index contributed by atoms with van der Waals surface area (Å²) in [6.07, 6.45) is 1.46. The molecule has 5 aromatic rings. The molecule has 0 spiro atoms. The summed E-state index contributed by atoms with van der Waals surface area (Å²) >= 11 is 4.43. The average molecular weight is 433 g/mol. The lowest BCUT2D eigenvalue weighted by atomic mass is 10.1. The Hall–Kier alpha value is -3.79. The van der Waals surface area contributed by atoms with Crippen LogP contribution in [0.25, 0.3) is 28.2 Å². The van der Waals surface area contributed by atoms with Crippen LogP contribution in [0.2, 0.25) is 0 Å². The van der Waals surface area contributed by atoms with Crippen molar-refractivity contribution in [1.29, 1.82) is 0 Å². The van der Waals surface area contributed by atoms with Crippen molar-refractivity contribution in [2.24, 2.45) is 7.05 Å². The first kappa shape index (κ1) is 19.2. The molecule has 10 heteroatoms. The molecule has 0 atom stereocenters. The number of fused-ring (bicyclic) bond motifs is 1. The summed E-state index contributed by atoms with van der Waals surface area (Å²) in [6, 6.07) is 15.8. The van der Waals surface area contributed by atoms with Gasteiger partial charge >= 0.3 is 0 Å². The number of rotatable bonds is 5. The van der Waals surface area contributed by atoms with Gasteiger partial charge in [0.05, 0.1) is 5.56 Å². The predicted molar refractivity (Wildman–Crippen MR) is 114 cm³/mol. The third-order valence-electron chi connectivity index (χ3n) is 4.77. The van der Waals surface area contributed by atoms with E-state index in [0.717, 1.165) is 10.5 Å². The maximum absolute atomic E-state index is 14.4. The first-order valence-corrected chi connectivity index (χ1v) is 9.81. The van der Waals surface area contributed by atoms with Crippen molar-refractivity contribution in [2.45, 2.75) is 11.5 Å². The SMILES string of the molecule is Cn1ncnc1COc1nn2c(-c3ccccc3F)nnc2cc1-c1cccc(S)c1.